The van der Waals surface area contributed by atoms with Gasteiger partial charge in [0.1, 0.15) is 5.60 Å². The minimum Gasteiger partial charge on any atom is -0.460 e. The second kappa shape index (κ2) is 6.77. The number of esters is 1. The smallest absolute Gasteiger partial charge is 0.306 e. The Morgan fingerprint density at radius 2 is 1.94 bits per heavy atom. The molecule has 0 aromatic rings. The highest BCUT2D eigenvalue weighted by atomic mass is 79.9. The van der Waals surface area contributed by atoms with Gasteiger partial charge in [-0.1, -0.05) is 28.8 Å². The van der Waals surface area contributed by atoms with E-state index >= 15 is 0 Å². The molecule has 0 heterocycles. The van der Waals surface area contributed by atoms with E-state index in [1.807, 2.05) is 20.8 Å². The van der Waals surface area contributed by atoms with Gasteiger partial charge in [0, 0.05) is 11.2 Å². The van der Waals surface area contributed by atoms with E-state index in [9.17, 15) is 4.79 Å². The van der Waals surface area contributed by atoms with Crippen molar-refractivity contribution >= 4 is 21.9 Å². The Morgan fingerprint density at radius 3 is 2.59 bits per heavy atom. The highest BCUT2D eigenvalue weighted by molar-refractivity contribution is 9.09. The Hall–Kier alpha value is -0.0500. The quantitative estimate of drug-likeness (QED) is 0.437. The Morgan fingerprint density at radius 1 is 1.24 bits per heavy atom. The normalized spacial score (nSPS) is 26.4. The van der Waals surface area contributed by atoms with Crippen LogP contribution in [0.15, 0.2) is 0 Å². The first kappa shape index (κ1) is 15.0. The van der Waals surface area contributed by atoms with Gasteiger partial charge in [0.2, 0.25) is 0 Å². The molecule has 1 saturated carbocycles. The lowest BCUT2D eigenvalue weighted by atomic mass is 9.95. The molecule has 0 amide bonds. The number of carbonyl (C=O) groups is 1. The zero-order valence-electron chi connectivity index (χ0n) is 11.3. The van der Waals surface area contributed by atoms with Crippen molar-refractivity contribution in [1.29, 1.82) is 0 Å². The average Bonchev–Trinajstić information content (AvgIpc) is 2.37. The van der Waals surface area contributed by atoms with E-state index in [2.05, 4.69) is 15.9 Å². The molecular formula is C14H25BrO2. The lowest BCUT2D eigenvalue weighted by Gasteiger charge is -2.20. The van der Waals surface area contributed by atoms with E-state index in [0.717, 1.165) is 6.42 Å². The van der Waals surface area contributed by atoms with E-state index in [4.69, 9.17) is 4.74 Å². The van der Waals surface area contributed by atoms with Crippen LogP contribution in [0.2, 0.25) is 0 Å². The lowest BCUT2D eigenvalue weighted by molar-refractivity contribution is -0.155. The molecule has 17 heavy (non-hydrogen) atoms. The van der Waals surface area contributed by atoms with Gasteiger partial charge in [-0.3, -0.25) is 4.79 Å². The average molecular weight is 305 g/mol. The Bertz CT molecular complexity index is 245. The maximum atomic E-state index is 11.6. The predicted molar refractivity (Wildman–Crippen MR) is 74.4 cm³/mol. The number of hydrogen-bond donors (Lipinski definition) is 0. The summed E-state index contributed by atoms with van der Waals surface area (Å²) >= 11 is 3.69. The lowest BCUT2D eigenvalue weighted by Crippen LogP contribution is -2.24. The van der Waals surface area contributed by atoms with Gasteiger partial charge in [-0.05, 0) is 52.4 Å². The zero-order chi connectivity index (χ0) is 12.9. The van der Waals surface area contributed by atoms with Crippen molar-refractivity contribution in [3.05, 3.63) is 0 Å². The molecule has 2 unspecified atom stereocenters. The Labute approximate surface area is 114 Å². The molecule has 1 fully saturated rings. The van der Waals surface area contributed by atoms with Gasteiger partial charge in [0.25, 0.3) is 0 Å². The third-order valence-corrected chi connectivity index (χ3v) is 4.11. The molecule has 1 aliphatic rings. The molecule has 1 rings (SSSR count). The summed E-state index contributed by atoms with van der Waals surface area (Å²) in [6, 6.07) is 0. The molecular weight excluding hydrogens is 280 g/mol. The monoisotopic (exact) mass is 304 g/mol. The highest BCUT2D eigenvalue weighted by Crippen LogP contribution is 2.30. The molecule has 2 atom stereocenters. The van der Waals surface area contributed by atoms with Gasteiger partial charge in [-0.15, -0.1) is 0 Å². The van der Waals surface area contributed by atoms with Crippen molar-refractivity contribution < 1.29 is 9.53 Å². The van der Waals surface area contributed by atoms with Crippen LogP contribution in [0.3, 0.4) is 0 Å². The van der Waals surface area contributed by atoms with Crippen LogP contribution in [-0.4, -0.2) is 16.4 Å². The van der Waals surface area contributed by atoms with E-state index in [1.165, 1.54) is 32.1 Å². The van der Waals surface area contributed by atoms with Gasteiger partial charge in [-0.2, -0.15) is 0 Å². The minimum atomic E-state index is -0.346. The molecule has 0 bridgehead atoms. The third-order valence-electron chi connectivity index (χ3n) is 3.19. The number of ether oxygens (including phenoxy) is 1. The molecule has 3 heteroatoms. The van der Waals surface area contributed by atoms with E-state index < -0.39 is 0 Å². The molecule has 2 nitrogen and oxygen atoms in total. The fourth-order valence-electron chi connectivity index (χ4n) is 2.34. The third kappa shape index (κ3) is 7.07. The molecule has 100 valence electrons. The number of alkyl halides is 1. The zero-order valence-corrected chi connectivity index (χ0v) is 12.9. The molecule has 0 N–H and O–H groups in total. The number of carbonyl (C=O) groups excluding carboxylic acids is 1. The van der Waals surface area contributed by atoms with Crippen LogP contribution in [0.4, 0.5) is 0 Å². The minimum absolute atomic E-state index is 0.0443. The molecule has 0 aromatic carbocycles. The van der Waals surface area contributed by atoms with Crippen molar-refractivity contribution in [2.45, 2.75) is 76.1 Å². The van der Waals surface area contributed by atoms with Gasteiger partial charge >= 0.3 is 5.97 Å². The van der Waals surface area contributed by atoms with E-state index in [0.29, 0.717) is 17.2 Å². The van der Waals surface area contributed by atoms with E-state index in [1.54, 1.807) is 0 Å². The molecule has 1 aliphatic carbocycles. The Balaban J connectivity index is 2.23. The second-order valence-electron chi connectivity index (χ2n) is 6.10. The maximum Gasteiger partial charge on any atom is 0.306 e. The fourth-order valence-corrected chi connectivity index (χ4v) is 2.92. The van der Waals surface area contributed by atoms with Crippen LogP contribution in [-0.2, 0) is 9.53 Å². The first-order valence-electron chi connectivity index (χ1n) is 6.73. The summed E-state index contributed by atoms with van der Waals surface area (Å²) in [6.45, 7) is 5.77. The standard InChI is InChI=1S/C14H25BrO2/c1-14(2,3)17-13(16)10-8-11-5-4-6-12(15)9-7-11/h11-12H,4-10H2,1-3H3. The second-order valence-corrected chi connectivity index (χ2v) is 7.39. The summed E-state index contributed by atoms with van der Waals surface area (Å²) < 4.78 is 5.33. The molecule has 0 aliphatic heterocycles. The molecule has 0 saturated heterocycles. The van der Waals surface area contributed by atoms with Gasteiger partial charge in [0.15, 0.2) is 0 Å². The van der Waals surface area contributed by atoms with Crippen molar-refractivity contribution in [2.75, 3.05) is 0 Å². The first-order chi connectivity index (χ1) is 7.87. The predicted octanol–water partition coefficient (Wildman–Crippen LogP) is 4.45. The largest absolute Gasteiger partial charge is 0.460 e. The van der Waals surface area contributed by atoms with Crippen LogP contribution in [0.25, 0.3) is 0 Å². The van der Waals surface area contributed by atoms with Crippen molar-refractivity contribution in [3.63, 3.8) is 0 Å². The van der Waals surface area contributed by atoms with Crippen molar-refractivity contribution in [1.82, 2.24) is 0 Å². The summed E-state index contributed by atoms with van der Waals surface area (Å²) in [4.78, 5) is 12.3. The first-order valence-corrected chi connectivity index (χ1v) is 7.64. The van der Waals surface area contributed by atoms with Crippen LogP contribution >= 0.6 is 15.9 Å². The van der Waals surface area contributed by atoms with Crippen LogP contribution in [0.1, 0.15) is 65.7 Å². The molecule has 0 spiro atoms. The van der Waals surface area contributed by atoms with Crippen LogP contribution < -0.4 is 0 Å². The maximum absolute atomic E-state index is 11.6. The van der Waals surface area contributed by atoms with Gasteiger partial charge in [0.05, 0.1) is 0 Å². The van der Waals surface area contributed by atoms with Gasteiger partial charge in [-0.25, -0.2) is 0 Å². The summed E-state index contributed by atoms with van der Waals surface area (Å²) in [7, 11) is 0. The summed E-state index contributed by atoms with van der Waals surface area (Å²) in [5.74, 6) is 0.669. The van der Waals surface area contributed by atoms with E-state index in [-0.39, 0.29) is 11.6 Å². The number of halogens is 1. The van der Waals surface area contributed by atoms with Crippen molar-refractivity contribution in [3.8, 4) is 0 Å². The molecule has 0 aromatic heterocycles. The summed E-state index contributed by atoms with van der Waals surface area (Å²) in [5, 5.41) is 0. The van der Waals surface area contributed by atoms with Crippen molar-refractivity contribution in [2.24, 2.45) is 5.92 Å². The summed E-state index contributed by atoms with van der Waals surface area (Å²) in [5.41, 5.74) is -0.346. The SMILES string of the molecule is CC(C)(C)OC(=O)CCC1CCCC(Br)CC1. The van der Waals surface area contributed by atoms with Crippen LogP contribution in [0.5, 0.6) is 0 Å². The fraction of sp³-hybridized carbons (Fsp3) is 0.929. The summed E-state index contributed by atoms with van der Waals surface area (Å²) in [6.07, 6.45) is 7.91. The number of hydrogen-bond acceptors (Lipinski definition) is 2. The van der Waals surface area contributed by atoms with Gasteiger partial charge < -0.3 is 4.74 Å². The number of rotatable bonds is 3. The highest BCUT2D eigenvalue weighted by Gasteiger charge is 2.20. The Kier molecular flexibility index (Phi) is 5.98. The van der Waals surface area contributed by atoms with Crippen LogP contribution in [0, 0.1) is 5.92 Å². The topological polar surface area (TPSA) is 26.3 Å². The molecule has 0 radical (unpaired) electrons.